The molecule has 0 saturated heterocycles. The summed E-state index contributed by atoms with van der Waals surface area (Å²) < 4.78 is 70.4. The molecule has 2 aromatic rings. The minimum absolute atomic E-state index is 0.0900. The van der Waals surface area contributed by atoms with E-state index in [4.69, 9.17) is 0 Å². The summed E-state index contributed by atoms with van der Waals surface area (Å²) in [6, 6.07) is 1.22. The van der Waals surface area contributed by atoms with Gasteiger partial charge in [-0.25, -0.2) is 23.7 Å². The molecule has 0 aromatic carbocycles. The van der Waals surface area contributed by atoms with E-state index in [1.165, 1.54) is 6.07 Å². The molecule has 0 atom stereocenters. The maximum Gasteiger partial charge on any atom is 0.522 e. The van der Waals surface area contributed by atoms with Crippen molar-refractivity contribution in [3.63, 3.8) is 0 Å². The predicted molar refractivity (Wildman–Crippen MR) is 111 cm³/mol. The van der Waals surface area contributed by atoms with E-state index in [9.17, 15) is 26.7 Å². The molecule has 0 aliphatic heterocycles. The summed E-state index contributed by atoms with van der Waals surface area (Å²) in [6.45, 7) is 0. The lowest BCUT2D eigenvalue weighted by Gasteiger charge is -2.29. The Balaban J connectivity index is 1.50. The lowest BCUT2D eigenvalue weighted by Crippen LogP contribution is -2.40. The second kappa shape index (κ2) is 9.55. The van der Waals surface area contributed by atoms with Crippen molar-refractivity contribution < 1.29 is 31.5 Å². The molecule has 12 heteroatoms. The number of hydrogen-bond donors (Lipinski definition) is 1. The molecule has 2 heterocycles. The van der Waals surface area contributed by atoms with Crippen LogP contribution < -0.4 is 5.32 Å². The van der Waals surface area contributed by atoms with Crippen LogP contribution >= 0.6 is 0 Å². The molecule has 1 amide bonds. The first-order chi connectivity index (χ1) is 16.0. The summed E-state index contributed by atoms with van der Waals surface area (Å²) >= 11 is 0. The zero-order chi connectivity index (χ0) is 24.5. The van der Waals surface area contributed by atoms with Gasteiger partial charge in [-0.1, -0.05) is 0 Å². The van der Waals surface area contributed by atoms with Crippen molar-refractivity contribution >= 4 is 5.91 Å². The summed E-state index contributed by atoms with van der Waals surface area (Å²) in [5.74, 6) is -3.13. The van der Waals surface area contributed by atoms with Gasteiger partial charge in [-0.15, -0.1) is 13.2 Å². The smallest absolute Gasteiger partial charge is 0.348 e. The van der Waals surface area contributed by atoms with Gasteiger partial charge in [-0.05, 0) is 44.6 Å². The normalized spacial score (nSPS) is 23.6. The Morgan fingerprint density at radius 1 is 1.12 bits per heavy atom. The van der Waals surface area contributed by atoms with E-state index in [1.807, 2.05) is 0 Å². The number of ether oxygens (including phenoxy) is 1. The van der Waals surface area contributed by atoms with Crippen LogP contribution in [0.1, 0.15) is 73.5 Å². The summed E-state index contributed by atoms with van der Waals surface area (Å²) in [4.78, 5) is 26.0. The lowest BCUT2D eigenvalue weighted by molar-refractivity contribution is -0.345. The van der Waals surface area contributed by atoms with E-state index in [0.717, 1.165) is 0 Å². The van der Waals surface area contributed by atoms with Gasteiger partial charge in [0.25, 0.3) is 5.91 Å². The van der Waals surface area contributed by atoms with Gasteiger partial charge >= 0.3 is 6.36 Å². The molecule has 2 fully saturated rings. The Labute approximate surface area is 193 Å². The molecule has 0 radical (unpaired) electrons. The van der Waals surface area contributed by atoms with Crippen LogP contribution in [-0.2, 0) is 11.8 Å². The fourth-order valence-electron chi connectivity index (χ4n) is 4.59. The molecule has 34 heavy (non-hydrogen) atoms. The molecule has 7 nitrogen and oxygen atoms in total. The fourth-order valence-corrected chi connectivity index (χ4v) is 4.59. The van der Waals surface area contributed by atoms with E-state index in [2.05, 4.69) is 25.0 Å². The molecule has 0 unspecified atom stereocenters. The van der Waals surface area contributed by atoms with Crippen molar-refractivity contribution in [1.29, 1.82) is 0 Å². The Bertz CT molecular complexity index is 1010. The van der Waals surface area contributed by atoms with E-state index >= 15 is 0 Å². The molecule has 1 N–H and O–H groups in total. The van der Waals surface area contributed by atoms with E-state index in [1.54, 1.807) is 24.1 Å². The standard InChI is InChI=1S/C22H26F5N5O2/c1-32-12-28-11-18(32)19-30-16(13-6-8-21(23,24)9-7-13)10-17(31-19)20(33)29-14-2-4-15(5-3-14)34-22(25,26)27/h10-15H,2-9H2,1H3,(H,29,33). The highest BCUT2D eigenvalue weighted by molar-refractivity contribution is 5.93. The number of nitrogens with one attached hydrogen (secondary N) is 1. The van der Waals surface area contributed by atoms with Gasteiger partial charge in [0.15, 0.2) is 5.82 Å². The first kappa shape index (κ1) is 24.5. The minimum atomic E-state index is -4.68. The number of halogens is 5. The third-order valence-corrected chi connectivity index (χ3v) is 6.47. The number of aryl methyl sites for hydroxylation is 1. The SMILES string of the molecule is Cn1cncc1-c1nc(C(=O)NC2CCC(OC(F)(F)F)CC2)cc(C2CCC(F)(F)CC2)n1. The molecule has 186 valence electrons. The lowest BCUT2D eigenvalue weighted by atomic mass is 9.84. The molecule has 0 spiro atoms. The highest BCUT2D eigenvalue weighted by atomic mass is 19.4. The van der Waals surface area contributed by atoms with Gasteiger partial charge in [0, 0.05) is 37.5 Å². The number of aromatic nitrogens is 4. The highest BCUT2D eigenvalue weighted by Gasteiger charge is 2.37. The van der Waals surface area contributed by atoms with Crippen LogP contribution in [0.25, 0.3) is 11.5 Å². The van der Waals surface area contributed by atoms with Gasteiger partial charge in [0.1, 0.15) is 11.4 Å². The average Bonchev–Trinajstić information content (AvgIpc) is 3.19. The largest absolute Gasteiger partial charge is 0.522 e. The maximum absolute atomic E-state index is 13.7. The number of carbonyl (C=O) groups excluding carboxylic acids is 1. The van der Waals surface area contributed by atoms with E-state index in [-0.39, 0.29) is 62.0 Å². The summed E-state index contributed by atoms with van der Waals surface area (Å²) in [6.07, 6.45) is -1.42. The number of rotatable bonds is 5. The van der Waals surface area contributed by atoms with Crippen LogP contribution in [0.4, 0.5) is 22.0 Å². The van der Waals surface area contributed by atoms with Crippen LogP contribution in [0.5, 0.6) is 0 Å². The molecule has 2 aliphatic rings. The fraction of sp³-hybridized carbons (Fsp3) is 0.636. The first-order valence-electron chi connectivity index (χ1n) is 11.3. The van der Waals surface area contributed by atoms with Crippen LogP contribution in [0.2, 0.25) is 0 Å². The molecule has 2 aromatic heterocycles. The van der Waals surface area contributed by atoms with Gasteiger partial charge < -0.3 is 9.88 Å². The molecule has 2 saturated carbocycles. The third-order valence-electron chi connectivity index (χ3n) is 6.47. The number of carbonyl (C=O) groups is 1. The number of amides is 1. The first-order valence-corrected chi connectivity index (χ1v) is 11.3. The van der Waals surface area contributed by atoms with Crippen LogP contribution in [0, 0.1) is 0 Å². The van der Waals surface area contributed by atoms with Crippen molar-refractivity contribution in [2.24, 2.45) is 7.05 Å². The zero-order valence-electron chi connectivity index (χ0n) is 18.6. The monoisotopic (exact) mass is 487 g/mol. The molecule has 2 aliphatic carbocycles. The number of nitrogens with zero attached hydrogens (tertiary/aromatic N) is 4. The number of hydrogen-bond acceptors (Lipinski definition) is 5. The van der Waals surface area contributed by atoms with Gasteiger partial charge in [0.2, 0.25) is 5.92 Å². The van der Waals surface area contributed by atoms with Crippen molar-refractivity contribution in [1.82, 2.24) is 24.8 Å². The van der Waals surface area contributed by atoms with Crippen molar-refractivity contribution in [3.8, 4) is 11.5 Å². The third kappa shape index (κ3) is 6.08. The van der Waals surface area contributed by atoms with Crippen LogP contribution in [0.3, 0.4) is 0 Å². The summed E-state index contributed by atoms with van der Waals surface area (Å²) in [5, 5.41) is 2.84. The Kier molecular flexibility index (Phi) is 6.88. The Morgan fingerprint density at radius 2 is 1.79 bits per heavy atom. The predicted octanol–water partition coefficient (Wildman–Crippen LogP) is 4.75. The van der Waals surface area contributed by atoms with Crippen LogP contribution in [-0.4, -0.2) is 49.9 Å². The van der Waals surface area contributed by atoms with Gasteiger partial charge in [-0.3, -0.25) is 9.53 Å². The molecule has 0 bridgehead atoms. The highest BCUT2D eigenvalue weighted by Crippen LogP contribution is 2.40. The summed E-state index contributed by atoms with van der Waals surface area (Å²) in [7, 11) is 1.75. The summed E-state index contributed by atoms with van der Waals surface area (Å²) in [5.41, 5.74) is 1.18. The second-order valence-electron chi connectivity index (χ2n) is 9.03. The molecule has 4 rings (SSSR count). The quantitative estimate of drug-likeness (QED) is 0.616. The van der Waals surface area contributed by atoms with E-state index < -0.39 is 24.3 Å². The van der Waals surface area contributed by atoms with Crippen molar-refractivity contribution in [2.45, 2.75) is 81.7 Å². The van der Waals surface area contributed by atoms with E-state index in [0.29, 0.717) is 24.2 Å². The van der Waals surface area contributed by atoms with Gasteiger partial charge in [0.05, 0.1) is 18.6 Å². The Morgan fingerprint density at radius 3 is 2.38 bits per heavy atom. The van der Waals surface area contributed by atoms with Crippen LogP contribution in [0.15, 0.2) is 18.6 Å². The zero-order valence-corrected chi connectivity index (χ0v) is 18.6. The number of imidazole rings is 1. The van der Waals surface area contributed by atoms with Crippen molar-refractivity contribution in [2.75, 3.05) is 0 Å². The topological polar surface area (TPSA) is 81.9 Å². The average molecular weight is 487 g/mol. The second-order valence-corrected chi connectivity index (χ2v) is 9.03. The van der Waals surface area contributed by atoms with Gasteiger partial charge in [-0.2, -0.15) is 0 Å². The minimum Gasteiger partial charge on any atom is -0.348 e. The maximum atomic E-state index is 13.7. The van der Waals surface area contributed by atoms with Crippen molar-refractivity contribution in [3.05, 3.63) is 30.0 Å². The number of alkyl halides is 5. The molecular formula is C22H26F5N5O2. The Hall–Kier alpha value is -2.63. The molecular weight excluding hydrogens is 461 g/mol.